The van der Waals surface area contributed by atoms with Crippen LogP contribution >= 0.6 is 0 Å². The van der Waals surface area contributed by atoms with Crippen LogP contribution in [0.3, 0.4) is 0 Å². The Bertz CT molecular complexity index is 956. The lowest BCUT2D eigenvalue weighted by molar-refractivity contribution is -0.131. The van der Waals surface area contributed by atoms with E-state index in [9.17, 15) is 14.4 Å². The molecule has 3 rings (SSSR count). The zero-order chi connectivity index (χ0) is 21.2. The third-order valence-corrected chi connectivity index (χ3v) is 4.95. The lowest BCUT2D eigenvalue weighted by atomic mass is 9.91. The molecule has 1 fully saturated rings. The number of nitrogens with one attached hydrogen (secondary N) is 1. The van der Waals surface area contributed by atoms with Gasteiger partial charge in [-0.1, -0.05) is 18.2 Å². The van der Waals surface area contributed by atoms with Gasteiger partial charge in [-0.05, 0) is 42.3 Å². The molecule has 29 heavy (non-hydrogen) atoms. The molecule has 1 N–H and O–H groups in total. The van der Waals surface area contributed by atoms with Crippen molar-refractivity contribution in [2.45, 2.75) is 19.0 Å². The number of carbonyl (C=O) groups is 3. The van der Waals surface area contributed by atoms with Gasteiger partial charge in [-0.15, -0.1) is 0 Å². The van der Waals surface area contributed by atoms with Gasteiger partial charge in [-0.25, -0.2) is 9.59 Å². The van der Waals surface area contributed by atoms with E-state index in [1.165, 1.54) is 21.3 Å². The molecule has 0 aromatic heterocycles. The van der Waals surface area contributed by atoms with Crippen LogP contribution in [0.1, 0.15) is 28.4 Å². The second-order valence-electron chi connectivity index (χ2n) is 6.70. The fourth-order valence-corrected chi connectivity index (χ4v) is 3.23. The minimum Gasteiger partial charge on any atom is -0.493 e. The number of methoxy groups -OCH3 is 3. The summed E-state index contributed by atoms with van der Waals surface area (Å²) in [7, 11) is 4.33. The van der Waals surface area contributed by atoms with Gasteiger partial charge in [-0.2, -0.15) is 0 Å². The first-order valence-corrected chi connectivity index (χ1v) is 8.88. The van der Waals surface area contributed by atoms with Gasteiger partial charge < -0.3 is 19.5 Å². The topological polar surface area (TPSA) is 94.2 Å². The highest BCUT2D eigenvalue weighted by molar-refractivity contribution is 6.07. The number of amides is 3. The van der Waals surface area contributed by atoms with Gasteiger partial charge in [0.25, 0.3) is 5.91 Å². The number of carbonyl (C=O) groups excluding carboxylic acids is 3. The number of hydrogen-bond acceptors (Lipinski definition) is 6. The standard InChI is InChI=1S/C21H22N2O6/c1-21(15-9-10-16(27-2)17(11-15)28-3)19(25)23(20(26)22-21)12-13-5-7-14(8-6-13)18(24)29-4/h5-11H,12H2,1-4H3,(H,22,26). The molecule has 8 nitrogen and oxygen atoms in total. The minimum atomic E-state index is -1.23. The Morgan fingerprint density at radius 3 is 2.24 bits per heavy atom. The molecule has 3 amide bonds. The summed E-state index contributed by atoms with van der Waals surface area (Å²) in [6.07, 6.45) is 0. The van der Waals surface area contributed by atoms with E-state index in [1.54, 1.807) is 49.4 Å². The van der Waals surface area contributed by atoms with Crippen molar-refractivity contribution in [3.63, 3.8) is 0 Å². The number of benzene rings is 2. The van der Waals surface area contributed by atoms with Crippen molar-refractivity contribution < 1.29 is 28.6 Å². The zero-order valence-electron chi connectivity index (χ0n) is 16.6. The summed E-state index contributed by atoms with van der Waals surface area (Å²) in [6, 6.07) is 11.1. The van der Waals surface area contributed by atoms with E-state index in [2.05, 4.69) is 10.1 Å². The van der Waals surface area contributed by atoms with E-state index in [1.807, 2.05) is 0 Å². The second-order valence-corrected chi connectivity index (χ2v) is 6.70. The van der Waals surface area contributed by atoms with Crippen molar-refractivity contribution in [3.8, 4) is 11.5 Å². The Morgan fingerprint density at radius 2 is 1.66 bits per heavy atom. The summed E-state index contributed by atoms with van der Waals surface area (Å²) in [5.41, 5.74) is 0.446. The lowest BCUT2D eigenvalue weighted by Crippen LogP contribution is -2.40. The van der Waals surface area contributed by atoms with Crippen molar-refractivity contribution in [2.75, 3.05) is 21.3 Å². The van der Waals surface area contributed by atoms with Crippen LogP contribution < -0.4 is 14.8 Å². The van der Waals surface area contributed by atoms with Crippen LogP contribution in [0.15, 0.2) is 42.5 Å². The average Bonchev–Trinajstić information content (AvgIpc) is 2.97. The van der Waals surface area contributed by atoms with Crippen LogP contribution in [0.25, 0.3) is 0 Å². The molecule has 1 heterocycles. The number of hydrogen-bond donors (Lipinski definition) is 1. The van der Waals surface area contributed by atoms with Crippen molar-refractivity contribution in [2.24, 2.45) is 0 Å². The van der Waals surface area contributed by atoms with Crippen molar-refractivity contribution in [3.05, 3.63) is 59.2 Å². The predicted molar refractivity (Wildman–Crippen MR) is 104 cm³/mol. The SMILES string of the molecule is COC(=O)c1ccc(CN2C(=O)NC(C)(c3ccc(OC)c(OC)c3)C2=O)cc1. The van der Waals surface area contributed by atoms with Crippen LogP contribution in [0.5, 0.6) is 11.5 Å². The normalized spacial score (nSPS) is 18.4. The van der Waals surface area contributed by atoms with E-state index in [4.69, 9.17) is 9.47 Å². The molecule has 2 aromatic carbocycles. The number of nitrogens with zero attached hydrogens (tertiary/aromatic N) is 1. The zero-order valence-corrected chi connectivity index (χ0v) is 16.6. The largest absolute Gasteiger partial charge is 0.493 e. The Labute approximate surface area is 168 Å². The molecule has 1 unspecified atom stereocenters. The molecule has 0 saturated carbocycles. The first-order valence-electron chi connectivity index (χ1n) is 8.88. The van der Waals surface area contributed by atoms with E-state index in [0.29, 0.717) is 28.2 Å². The van der Waals surface area contributed by atoms with Gasteiger partial charge in [-0.3, -0.25) is 9.69 Å². The molecule has 0 bridgehead atoms. The lowest BCUT2D eigenvalue weighted by Gasteiger charge is -2.23. The molecular weight excluding hydrogens is 376 g/mol. The van der Waals surface area contributed by atoms with Crippen LogP contribution in [0, 0.1) is 0 Å². The molecule has 0 radical (unpaired) electrons. The Balaban J connectivity index is 1.84. The third-order valence-electron chi connectivity index (χ3n) is 4.95. The number of rotatable bonds is 6. The van der Waals surface area contributed by atoms with E-state index in [0.717, 1.165) is 4.90 Å². The van der Waals surface area contributed by atoms with E-state index in [-0.39, 0.29) is 12.5 Å². The van der Waals surface area contributed by atoms with Crippen LogP contribution in [-0.2, 0) is 21.6 Å². The molecule has 2 aromatic rings. The van der Waals surface area contributed by atoms with E-state index >= 15 is 0 Å². The van der Waals surface area contributed by atoms with Crippen LogP contribution in [0.4, 0.5) is 4.79 Å². The van der Waals surface area contributed by atoms with Gasteiger partial charge in [0.05, 0.1) is 33.4 Å². The van der Waals surface area contributed by atoms with Crippen molar-refractivity contribution in [1.29, 1.82) is 0 Å². The maximum absolute atomic E-state index is 13.1. The number of imide groups is 1. The molecule has 1 aliphatic heterocycles. The van der Waals surface area contributed by atoms with Gasteiger partial charge in [0, 0.05) is 0 Å². The monoisotopic (exact) mass is 398 g/mol. The van der Waals surface area contributed by atoms with Gasteiger partial charge >= 0.3 is 12.0 Å². The second kappa shape index (κ2) is 7.83. The van der Waals surface area contributed by atoms with Crippen LogP contribution in [-0.4, -0.2) is 44.1 Å². The number of urea groups is 1. The number of esters is 1. The fraction of sp³-hybridized carbons (Fsp3) is 0.286. The maximum atomic E-state index is 13.1. The highest BCUT2D eigenvalue weighted by Crippen LogP contribution is 2.35. The first-order chi connectivity index (χ1) is 13.8. The smallest absolute Gasteiger partial charge is 0.337 e. The molecule has 8 heteroatoms. The maximum Gasteiger partial charge on any atom is 0.337 e. The molecule has 0 aliphatic carbocycles. The highest BCUT2D eigenvalue weighted by atomic mass is 16.5. The van der Waals surface area contributed by atoms with Crippen molar-refractivity contribution in [1.82, 2.24) is 10.2 Å². The molecule has 1 atom stereocenters. The summed E-state index contributed by atoms with van der Waals surface area (Å²) in [5, 5.41) is 2.76. The molecule has 152 valence electrons. The quantitative estimate of drug-likeness (QED) is 0.593. The molecule has 1 saturated heterocycles. The Hall–Kier alpha value is -3.55. The summed E-state index contributed by atoms with van der Waals surface area (Å²) in [4.78, 5) is 38.3. The average molecular weight is 398 g/mol. The van der Waals surface area contributed by atoms with Gasteiger partial charge in [0.1, 0.15) is 5.54 Å². The fourth-order valence-electron chi connectivity index (χ4n) is 3.23. The summed E-state index contributed by atoms with van der Waals surface area (Å²) < 4.78 is 15.2. The van der Waals surface area contributed by atoms with Crippen molar-refractivity contribution >= 4 is 17.9 Å². The van der Waals surface area contributed by atoms with Gasteiger partial charge in [0.15, 0.2) is 11.5 Å². The Kier molecular flexibility index (Phi) is 5.45. The van der Waals surface area contributed by atoms with Gasteiger partial charge in [0.2, 0.25) is 0 Å². The van der Waals surface area contributed by atoms with Crippen LogP contribution in [0.2, 0.25) is 0 Å². The minimum absolute atomic E-state index is 0.0784. The highest BCUT2D eigenvalue weighted by Gasteiger charge is 2.49. The molecule has 1 aliphatic rings. The predicted octanol–water partition coefficient (Wildman–Crippen LogP) is 2.46. The van der Waals surface area contributed by atoms with E-state index < -0.39 is 17.5 Å². The molecule has 0 spiro atoms. The number of ether oxygens (including phenoxy) is 3. The summed E-state index contributed by atoms with van der Waals surface area (Å²) in [5.74, 6) is 0.156. The summed E-state index contributed by atoms with van der Waals surface area (Å²) in [6.45, 7) is 1.73. The third kappa shape index (κ3) is 3.61. The molecular formula is C21H22N2O6. The Morgan fingerprint density at radius 1 is 1.00 bits per heavy atom. The summed E-state index contributed by atoms with van der Waals surface area (Å²) >= 11 is 0. The first kappa shape index (κ1) is 20.2.